The lowest BCUT2D eigenvalue weighted by Crippen LogP contribution is -2.30. The highest BCUT2D eigenvalue weighted by atomic mass is 16.1. The first-order chi connectivity index (χ1) is 8.19. The molecule has 1 rings (SSSR count). The third-order valence-corrected chi connectivity index (χ3v) is 2.39. The van der Waals surface area contributed by atoms with E-state index in [0.29, 0.717) is 12.1 Å². The van der Waals surface area contributed by atoms with Crippen molar-refractivity contribution in [1.82, 2.24) is 10.2 Å². The molecule has 0 saturated carbocycles. The summed E-state index contributed by atoms with van der Waals surface area (Å²) in [6.07, 6.45) is 3.08. The SMILES string of the molecule is C=CN(C)/C(=C\N)CNC(=O)c1ccccc1. The van der Waals surface area contributed by atoms with Crippen molar-refractivity contribution in [1.29, 1.82) is 0 Å². The maximum absolute atomic E-state index is 11.8. The van der Waals surface area contributed by atoms with Gasteiger partial charge in [-0.2, -0.15) is 0 Å². The van der Waals surface area contributed by atoms with Crippen LogP contribution in [0, 0.1) is 0 Å². The van der Waals surface area contributed by atoms with Crippen molar-refractivity contribution >= 4 is 5.91 Å². The van der Waals surface area contributed by atoms with Gasteiger partial charge in [-0.3, -0.25) is 4.79 Å². The van der Waals surface area contributed by atoms with E-state index >= 15 is 0 Å². The number of rotatable bonds is 5. The molecule has 0 aromatic heterocycles. The number of nitrogens with two attached hydrogens (primary N) is 1. The van der Waals surface area contributed by atoms with Crippen LogP contribution in [0.5, 0.6) is 0 Å². The maximum Gasteiger partial charge on any atom is 0.251 e. The first-order valence-corrected chi connectivity index (χ1v) is 5.28. The highest BCUT2D eigenvalue weighted by Gasteiger charge is 2.06. The Kier molecular flexibility index (Phi) is 4.81. The molecule has 0 bridgehead atoms. The predicted octanol–water partition coefficient (Wildman–Crippen LogP) is 1.29. The Morgan fingerprint density at radius 2 is 2.12 bits per heavy atom. The second-order valence-electron chi connectivity index (χ2n) is 3.50. The van der Waals surface area contributed by atoms with Gasteiger partial charge in [-0.05, 0) is 18.3 Å². The normalized spacial score (nSPS) is 10.8. The van der Waals surface area contributed by atoms with E-state index in [-0.39, 0.29) is 5.91 Å². The third kappa shape index (κ3) is 3.68. The molecule has 0 fully saturated rings. The molecule has 4 heteroatoms. The minimum absolute atomic E-state index is 0.123. The van der Waals surface area contributed by atoms with Crippen LogP contribution in [-0.4, -0.2) is 24.4 Å². The molecular weight excluding hydrogens is 214 g/mol. The number of likely N-dealkylation sites (N-methyl/N-ethyl adjacent to an activating group) is 1. The quantitative estimate of drug-likeness (QED) is 0.803. The van der Waals surface area contributed by atoms with Crippen LogP contribution in [-0.2, 0) is 0 Å². The van der Waals surface area contributed by atoms with Crippen LogP contribution >= 0.6 is 0 Å². The third-order valence-electron chi connectivity index (χ3n) is 2.39. The van der Waals surface area contributed by atoms with Crippen LogP contribution in [0.1, 0.15) is 10.4 Å². The highest BCUT2D eigenvalue weighted by molar-refractivity contribution is 5.94. The summed E-state index contributed by atoms with van der Waals surface area (Å²) in [5.74, 6) is -0.123. The van der Waals surface area contributed by atoms with Gasteiger partial charge in [-0.15, -0.1) is 0 Å². The smallest absolute Gasteiger partial charge is 0.251 e. The molecule has 0 atom stereocenters. The van der Waals surface area contributed by atoms with Crippen molar-refractivity contribution in [2.24, 2.45) is 5.73 Å². The van der Waals surface area contributed by atoms with Gasteiger partial charge in [0, 0.05) is 18.8 Å². The van der Waals surface area contributed by atoms with E-state index in [9.17, 15) is 4.79 Å². The Morgan fingerprint density at radius 3 is 2.65 bits per heavy atom. The first-order valence-electron chi connectivity index (χ1n) is 5.28. The molecule has 0 aliphatic rings. The zero-order valence-electron chi connectivity index (χ0n) is 9.89. The second kappa shape index (κ2) is 6.37. The summed E-state index contributed by atoms with van der Waals surface area (Å²) < 4.78 is 0. The Morgan fingerprint density at radius 1 is 1.47 bits per heavy atom. The van der Waals surface area contributed by atoms with Crippen molar-refractivity contribution in [3.05, 3.63) is 60.6 Å². The van der Waals surface area contributed by atoms with E-state index in [1.54, 1.807) is 23.2 Å². The molecule has 0 radical (unpaired) electrons. The van der Waals surface area contributed by atoms with Gasteiger partial charge in [-0.25, -0.2) is 0 Å². The van der Waals surface area contributed by atoms with E-state index in [4.69, 9.17) is 5.73 Å². The molecule has 0 saturated heterocycles. The molecule has 1 aromatic rings. The Balaban J connectivity index is 2.57. The molecular formula is C13H17N3O. The van der Waals surface area contributed by atoms with Crippen LogP contribution < -0.4 is 11.1 Å². The summed E-state index contributed by atoms with van der Waals surface area (Å²) in [6.45, 7) is 4.00. The second-order valence-corrected chi connectivity index (χ2v) is 3.50. The predicted molar refractivity (Wildman–Crippen MR) is 69.0 cm³/mol. The monoisotopic (exact) mass is 231 g/mol. The molecule has 0 spiro atoms. The van der Waals surface area contributed by atoms with Gasteiger partial charge in [0.15, 0.2) is 0 Å². The fourth-order valence-electron chi connectivity index (χ4n) is 1.28. The molecule has 1 amide bonds. The average molecular weight is 231 g/mol. The number of hydrogen-bond donors (Lipinski definition) is 2. The van der Waals surface area contributed by atoms with E-state index in [1.165, 1.54) is 6.20 Å². The number of nitrogens with one attached hydrogen (secondary N) is 1. The Bertz CT molecular complexity index is 412. The van der Waals surface area contributed by atoms with Crippen LogP contribution in [0.25, 0.3) is 0 Å². The molecule has 0 aliphatic carbocycles. The minimum atomic E-state index is -0.123. The van der Waals surface area contributed by atoms with Gasteiger partial charge in [-0.1, -0.05) is 24.8 Å². The average Bonchev–Trinajstić information content (AvgIpc) is 2.39. The summed E-state index contributed by atoms with van der Waals surface area (Å²) in [6, 6.07) is 9.04. The molecule has 4 nitrogen and oxygen atoms in total. The molecule has 17 heavy (non-hydrogen) atoms. The van der Waals surface area contributed by atoms with Crippen LogP contribution in [0.4, 0.5) is 0 Å². The summed E-state index contributed by atoms with van der Waals surface area (Å²) in [7, 11) is 1.82. The van der Waals surface area contributed by atoms with Crippen LogP contribution in [0.2, 0.25) is 0 Å². The van der Waals surface area contributed by atoms with E-state index in [1.807, 2.05) is 25.2 Å². The number of hydrogen-bond acceptors (Lipinski definition) is 3. The number of benzene rings is 1. The van der Waals surface area contributed by atoms with Gasteiger partial charge in [0.2, 0.25) is 0 Å². The molecule has 3 N–H and O–H groups in total. The van der Waals surface area contributed by atoms with Gasteiger partial charge >= 0.3 is 0 Å². The van der Waals surface area contributed by atoms with Gasteiger partial charge in [0.25, 0.3) is 5.91 Å². The number of amides is 1. The molecule has 1 aromatic carbocycles. The summed E-state index contributed by atoms with van der Waals surface area (Å²) in [5.41, 5.74) is 6.88. The summed E-state index contributed by atoms with van der Waals surface area (Å²) in [5, 5.41) is 2.79. The van der Waals surface area contributed by atoms with Crippen molar-refractivity contribution < 1.29 is 4.79 Å². The topological polar surface area (TPSA) is 58.4 Å². The zero-order valence-corrected chi connectivity index (χ0v) is 9.89. The lowest BCUT2D eigenvalue weighted by atomic mass is 10.2. The highest BCUT2D eigenvalue weighted by Crippen LogP contribution is 2.01. The summed E-state index contributed by atoms with van der Waals surface area (Å²) >= 11 is 0. The number of carbonyl (C=O) groups excluding carboxylic acids is 1. The molecule has 90 valence electrons. The molecule has 0 aliphatic heterocycles. The fourth-order valence-corrected chi connectivity index (χ4v) is 1.28. The van der Waals surface area contributed by atoms with Gasteiger partial charge in [0.1, 0.15) is 0 Å². The fraction of sp³-hybridized carbons (Fsp3) is 0.154. The van der Waals surface area contributed by atoms with Crippen molar-refractivity contribution in [2.45, 2.75) is 0 Å². The van der Waals surface area contributed by atoms with Crippen molar-refractivity contribution in [2.75, 3.05) is 13.6 Å². The number of nitrogens with zero attached hydrogens (tertiary/aromatic N) is 1. The van der Waals surface area contributed by atoms with E-state index in [0.717, 1.165) is 5.70 Å². The minimum Gasteiger partial charge on any atom is -0.403 e. The largest absolute Gasteiger partial charge is 0.403 e. The molecule has 0 heterocycles. The first kappa shape index (κ1) is 12.8. The summed E-state index contributed by atoms with van der Waals surface area (Å²) in [4.78, 5) is 13.5. The van der Waals surface area contributed by atoms with Gasteiger partial charge in [0.05, 0.1) is 12.2 Å². The zero-order chi connectivity index (χ0) is 12.7. The number of carbonyl (C=O) groups is 1. The van der Waals surface area contributed by atoms with Crippen LogP contribution in [0.3, 0.4) is 0 Å². The van der Waals surface area contributed by atoms with Crippen LogP contribution in [0.15, 0.2) is 55.0 Å². The Labute approximate surface area is 101 Å². The van der Waals surface area contributed by atoms with Crippen molar-refractivity contribution in [3.63, 3.8) is 0 Å². The molecule has 0 unspecified atom stereocenters. The maximum atomic E-state index is 11.8. The van der Waals surface area contributed by atoms with E-state index < -0.39 is 0 Å². The lowest BCUT2D eigenvalue weighted by Gasteiger charge is -2.17. The van der Waals surface area contributed by atoms with Crippen molar-refractivity contribution in [3.8, 4) is 0 Å². The van der Waals surface area contributed by atoms with Gasteiger partial charge < -0.3 is 16.0 Å². The standard InChI is InChI=1S/C13H17N3O/c1-3-16(2)12(9-14)10-15-13(17)11-7-5-4-6-8-11/h3-9H,1,10,14H2,2H3,(H,15,17)/b12-9-. The Hall–Kier alpha value is -2.23. The van der Waals surface area contributed by atoms with E-state index in [2.05, 4.69) is 11.9 Å². The lowest BCUT2D eigenvalue weighted by molar-refractivity contribution is 0.0955.